The van der Waals surface area contributed by atoms with Crippen molar-refractivity contribution in [2.24, 2.45) is 5.92 Å². The van der Waals surface area contributed by atoms with Gasteiger partial charge in [-0.15, -0.1) is 0 Å². The van der Waals surface area contributed by atoms with Crippen LogP contribution in [0.3, 0.4) is 0 Å². The molecule has 0 spiro atoms. The maximum absolute atomic E-state index is 13.0. The van der Waals surface area contributed by atoms with Crippen LogP contribution >= 0.6 is 0 Å². The smallest absolute Gasteiger partial charge is 0.123 e. The fraction of sp³-hybridized carbons (Fsp3) is 0.571. The van der Waals surface area contributed by atoms with Crippen LogP contribution in [0, 0.1) is 18.7 Å². The van der Waals surface area contributed by atoms with Crippen LogP contribution in [0.5, 0.6) is 0 Å². The van der Waals surface area contributed by atoms with Gasteiger partial charge in [0.05, 0.1) is 0 Å². The standard InChI is InChI=1S/C14H20FN/c1-10-7-14(15)6-5-13(10)8-12-4-3-11(2)16-9-12/h5-7,11-12,16H,3-4,8-9H2,1-2H3. The minimum Gasteiger partial charge on any atom is -0.314 e. The van der Waals surface area contributed by atoms with E-state index in [9.17, 15) is 4.39 Å². The molecule has 88 valence electrons. The second-order valence-corrected chi connectivity index (χ2v) is 5.03. The molecule has 1 fully saturated rings. The second-order valence-electron chi connectivity index (χ2n) is 5.03. The molecule has 1 saturated heterocycles. The summed E-state index contributed by atoms with van der Waals surface area (Å²) in [6.07, 6.45) is 3.61. The Kier molecular flexibility index (Phi) is 3.59. The van der Waals surface area contributed by atoms with Gasteiger partial charge in [0, 0.05) is 6.04 Å². The molecule has 2 atom stereocenters. The van der Waals surface area contributed by atoms with Crippen molar-refractivity contribution >= 4 is 0 Å². The fourth-order valence-electron chi connectivity index (χ4n) is 2.43. The molecule has 2 unspecified atom stereocenters. The van der Waals surface area contributed by atoms with Gasteiger partial charge in [0.1, 0.15) is 5.82 Å². The fourth-order valence-corrected chi connectivity index (χ4v) is 2.43. The maximum Gasteiger partial charge on any atom is 0.123 e. The second kappa shape index (κ2) is 4.96. The molecule has 1 heterocycles. The molecular weight excluding hydrogens is 201 g/mol. The van der Waals surface area contributed by atoms with Crippen molar-refractivity contribution in [2.45, 2.75) is 39.2 Å². The first-order chi connectivity index (χ1) is 7.65. The van der Waals surface area contributed by atoms with Crippen LogP contribution < -0.4 is 5.32 Å². The molecule has 0 bridgehead atoms. The first kappa shape index (κ1) is 11.6. The summed E-state index contributed by atoms with van der Waals surface area (Å²) >= 11 is 0. The summed E-state index contributed by atoms with van der Waals surface area (Å²) in [5.74, 6) is 0.581. The highest BCUT2D eigenvalue weighted by atomic mass is 19.1. The lowest BCUT2D eigenvalue weighted by Crippen LogP contribution is -2.37. The van der Waals surface area contributed by atoms with Gasteiger partial charge in [0.15, 0.2) is 0 Å². The summed E-state index contributed by atoms with van der Waals surface area (Å²) in [5.41, 5.74) is 2.38. The molecule has 0 amide bonds. The molecule has 1 aliphatic rings. The SMILES string of the molecule is Cc1cc(F)ccc1CC1CCC(C)NC1. The molecular formula is C14H20FN. The summed E-state index contributed by atoms with van der Waals surface area (Å²) in [7, 11) is 0. The summed E-state index contributed by atoms with van der Waals surface area (Å²) in [5, 5.41) is 3.51. The molecule has 1 aromatic carbocycles. The van der Waals surface area contributed by atoms with Crippen LogP contribution in [0.4, 0.5) is 4.39 Å². The van der Waals surface area contributed by atoms with Crippen LogP contribution in [-0.4, -0.2) is 12.6 Å². The summed E-state index contributed by atoms with van der Waals surface area (Å²) in [4.78, 5) is 0. The number of hydrogen-bond acceptors (Lipinski definition) is 1. The number of halogens is 1. The molecule has 1 N–H and O–H groups in total. The van der Waals surface area contributed by atoms with Crippen molar-refractivity contribution in [1.29, 1.82) is 0 Å². The molecule has 1 aliphatic heterocycles. The van der Waals surface area contributed by atoms with Crippen molar-refractivity contribution < 1.29 is 4.39 Å². The highest BCUT2D eigenvalue weighted by molar-refractivity contribution is 5.27. The summed E-state index contributed by atoms with van der Waals surface area (Å²) < 4.78 is 13.0. The van der Waals surface area contributed by atoms with E-state index >= 15 is 0 Å². The van der Waals surface area contributed by atoms with Gasteiger partial charge in [-0.1, -0.05) is 6.07 Å². The van der Waals surface area contributed by atoms with Gasteiger partial charge in [-0.3, -0.25) is 0 Å². The van der Waals surface area contributed by atoms with Crippen molar-refractivity contribution in [3.63, 3.8) is 0 Å². The topological polar surface area (TPSA) is 12.0 Å². The Morgan fingerprint density at radius 2 is 2.19 bits per heavy atom. The van der Waals surface area contributed by atoms with Crippen LogP contribution in [0.15, 0.2) is 18.2 Å². The van der Waals surface area contributed by atoms with Crippen LogP contribution in [0.2, 0.25) is 0 Å². The van der Waals surface area contributed by atoms with Crippen LogP contribution in [0.25, 0.3) is 0 Å². The van der Waals surface area contributed by atoms with E-state index in [1.807, 2.05) is 13.0 Å². The first-order valence-electron chi connectivity index (χ1n) is 6.13. The van der Waals surface area contributed by atoms with E-state index in [-0.39, 0.29) is 5.82 Å². The number of hydrogen-bond donors (Lipinski definition) is 1. The van der Waals surface area contributed by atoms with Crippen molar-refractivity contribution in [1.82, 2.24) is 5.32 Å². The molecule has 0 aliphatic carbocycles. The Labute approximate surface area is 97.1 Å². The average molecular weight is 221 g/mol. The van der Waals surface area contributed by atoms with E-state index in [0.29, 0.717) is 12.0 Å². The van der Waals surface area contributed by atoms with Crippen molar-refractivity contribution in [2.75, 3.05) is 6.54 Å². The molecule has 0 radical (unpaired) electrons. The van der Waals surface area contributed by atoms with Gasteiger partial charge in [-0.2, -0.15) is 0 Å². The lowest BCUT2D eigenvalue weighted by molar-refractivity contribution is 0.322. The molecule has 2 heteroatoms. The van der Waals surface area contributed by atoms with Crippen molar-refractivity contribution in [3.05, 3.63) is 35.1 Å². The number of aryl methyl sites for hydroxylation is 1. The van der Waals surface area contributed by atoms with Gasteiger partial charge < -0.3 is 5.32 Å². The van der Waals surface area contributed by atoms with E-state index < -0.39 is 0 Å². The zero-order valence-corrected chi connectivity index (χ0v) is 10.1. The minimum absolute atomic E-state index is 0.128. The van der Waals surface area contributed by atoms with E-state index in [1.54, 1.807) is 12.1 Å². The first-order valence-corrected chi connectivity index (χ1v) is 6.13. The highest BCUT2D eigenvalue weighted by Gasteiger charge is 2.18. The van der Waals surface area contributed by atoms with Crippen LogP contribution in [-0.2, 0) is 6.42 Å². The van der Waals surface area contributed by atoms with Gasteiger partial charge in [-0.25, -0.2) is 4.39 Å². The Balaban J connectivity index is 1.98. The van der Waals surface area contributed by atoms with Crippen LogP contribution in [0.1, 0.15) is 30.9 Å². The highest BCUT2D eigenvalue weighted by Crippen LogP contribution is 2.21. The lowest BCUT2D eigenvalue weighted by Gasteiger charge is -2.28. The Morgan fingerprint density at radius 1 is 1.38 bits per heavy atom. The molecule has 16 heavy (non-hydrogen) atoms. The molecule has 0 saturated carbocycles. The molecule has 0 aromatic heterocycles. The Hall–Kier alpha value is -0.890. The number of rotatable bonds is 2. The normalized spacial score (nSPS) is 25.7. The zero-order valence-electron chi connectivity index (χ0n) is 10.1. The van der Waals surface area contributed by atoms with Crippen molar-refractivity contribution in [3.8, 4) is 0 Å². The Bertz CT molecular complexity index is 354. The lowest BCUT2D eigenvalue weighted by atomic mass is 9.88. The van der Waals surface area contributed by atoms with E-state index in [0.717, 1.165) is 18.5 Å². The molecule has 1 aromatic rings. The minimum atomic E-state index is -0.128. The zero-order chi connectivity index (χ0) is 11.5. The van der Waals surface area contributed by atoms with E-state index in [4.69, 9.17) is 0 Å². The predicted octanol–water partition coefficient (Wildman–Crippen LogP) is 3.06. The number of benzene rings is 1. The Morgan fingerprint density at radius 3 is 2.81 bits per heavy atom. The average Bonchev–Trinajstić information content (AvgIpc) is 2.25. The van der Waals surface area contributed by atoms with Gasteiger partial charge in [-0.05, 0) is 68.8 Å². The predicted molar refractivity (Wildman–Crippen MR) is 65.0 cm³/mol. The molecule has 2 rings (SSSR count). The maximum atomic E-state index is 13.0. The number of piperidine rings is 1. The van der Waals surface area contributed by atoms with E-state index in [2.05, 4.69) is 12.2 Å². The number of nitrogens with one attached hydrogen (secondary N) is 1. The van der Waals surface area contributed by atoms with Gasteiger partial charge in [0.25, 0.3) is 0 Å². The summed E-state index contributed by atoms with van der Waals surface area (Å²) in [6.45, 7) is 5.33. The molecule has 1 nitrogen and oxygen atoms in total. The van der Waals surface area contributed by atoms with Gasteiger partial charge >= 0.3 is 0 Å². The third-order valence-electron chi connectivity index (χ3n) is 3.58. The summed E-state index contributed by atoms with van der Waals surface area (Å²) in [6, 6.07) is 5.79. The van der Waals surface area contributed by atoms with E-state index in [1.165, 1.54) is 18.4 Å². The van der Waals surface area contributed by atoms with Gasteiger partial charge in [0.2, 0.25) is 0 Å². The largest absolute Gasteiger partial charge is 0.314 e. The quantitative estimate of drug-likeness (QED) is 0.809. The third-order valence-corrected chi connectivity index (χ3v) is 3.58. The monoisotopic (exact) mass is 221 g/mol. The third kappa shape index (κ3) is 2.82.